The summed E-state index contributed by atoms with van der Waals surface area (Å²) in [5.41, 5.74) is 0.306. The monoisotopic (exact) mass is 211 g/mol. The Bertz CT molecular complexity index is 340. The van der Waals surface area contributed by atoms with Gasteiger partial charge in [0.05, 0.1) is 12.7 Å². The van der Waals surface area contributed by atoms with Crippen LogP contribution in [0.4, 0.5) is 0 Å². The first-order chi connectivity index (χ1) is 7.13. The minimum absolute atomic E-state index is 0.00496. The van der Waals surface area contributed by atoms with Crippen LogP contribution in [0.5, 0.6) is 5.75 Å². The SMILES string of the molecule is O=C(NCC(O)CO)c1cccc(O)c1. The molecule has 0 aliphatic heterocycles. The second-order valence-corrected chi connectivity index (χ2v) is 3.10. The van der Waals surface area contributed by atoms with Crippen molar-refractivity contribution in [3.05, 3.63) is 29.8 Å². The number of nitrogens with one attached hydrogen (secondary N) is 1. The van der Waals surface area contributed by atoms with Gasteiger partial charge in [0.2, 0.25) is 0 Å². The first kappa shape index (κ1) is 11.5. The van der Waals surface area contributed by atoms with Crippen LogP contribution in [0, 0.1) is 0 Å². The molecule has 15 heavy (non-hydrogen) atoms. The highest BCUT2D eigenvalue weighted by atomic mass is 16.3. The van der Waals surface area contributed by atoms with Crippen LogP contribution in [0.1, 0.15) is 10.4 Å². The standard InChI is InChI=1S/C10H13NO4/c12-6-9(14)5-11-10(15)7-2-1-3-8(13)4-7/h1-4,9,12-14H,5-6H2,(H,11,15). The average molecular weight is 211 g/mol. The minimum Gasteiger partial charge on any atom is -0.508 e. The first-order valence-corrected chi connectivity index (χ1v) is 4.49. The van der Waals surface area contributed by atoms with E-state index in [1.54, 1.807) is 12.1 Å². The number of hydrogen-bond donors (Lipinski definition) is 4. The van der Waals surface area contributed by atoms with Crippen LogP contribution in [-0.4, -0.2) is 40.5 Å². The molecule has 5 heteroatoms. The van der Waals surface area contributed by atoms with E-state index in [1.807, 2.05) is 0 Å². The molecule has 0 aliphatic rings. The molecule has 1 amide bonds. The van der Waals surface area contributed by atoms with Crippen LogP contribution in [0.2, 0.25) is 0 Å². The number of phenols is 1. The summed E-state index contributed by atoms with van der Waals surface area (Å²) in [6.45, 7) is -0.425. The van der Waals surface area contributed by atoms with Crippen molar-refractivity contribution in [1.82, 2.24) is 5.32 Å². The summed E-state index contributed by atoms with van der Waals surface area (Å²) in [7, 11) is 0. The van der Waals surface area contributed by atoms with Crippen LogP contribution in [-0.2, 0) is 0 Å². The quantitative estimate of drug-likeness (QED) is 0.539. The van der Waals surface area contributed by atoms with Gasteiger partial charge in [-0.05, 0) is 18.2 Å². The van der Waals surface area contributed by atoms with Crippen molar-refractivity contribution in [2.75, 3.05) is 13.2 Å². The zero-order chi connectivity index (χ0) is 11.3. The van der Waals surface area contributed by atoms with Gasteiger partial charge in [0.1, 0.15) is 5.75 Å². The number of aliphatic hydroxyl groups is 2. The average Bonchev–Trinajstić information content (AvgIpc) is 2.25. The third kappa shape index (κ3) is 3.57. The summed E-state index contributed by atoms with van der Waals surface area (Å²) < 4.78 is 0. The van der Waals surface area contributed by atoms with Gasteiger partial charge >= 0.3 is 0 Å². The minimum atomic E-state index is -0.966. The van der Waals surface area contributed by atoms with Gasteiger partial charge in [-0.3, -0.25) is 4.79 Å². The van der Waals surface area contributed by atoms with Gasteiger partial charge in [-0.1, -0.05) is 6.07 Å². The van der Waals surface area contributed by atoms with Gasteiger partial charge in [-0.25, -0.2) is 0 Å². The molecule has 0 aliphatic carbocycles. The van der Waals surface area contributed by atoms with E-state index in [4.69, 9.17) is 15.3 Å². The lowest BCUT2D eigenvalue weighted by atomic mass is 10.2. The molecule has 1 aromatic carbocycles. The molecule has 0 saturated carbocycles. The van der Waals surface area contributed by atoms with E-state index in [0.29, 0.717) is 5.56 Å². The predicted molar refractivity (Wildman–Crippen MR) is 53.5 cm³/mol. The van der Waals surface area contributed by atoms with Gasteiger partial charge < -0.3 is 20.6 Å². The van der Waals surface area contributed by atoms with Crippen molar-refractivity contribution in [3.8, 4) is 5.75 Å². The van der Waals surface area contributed by atoms with Crippen LogP contribution in [0.15, 0.2) is 24.3 Å². The molecular weight excluding hydrogens is 198 g/mol. The number of carbonyl (C=O) groups excluding carboxylic acids is 1. The van der Waals surface area contributed by atoms with E-state index >= 15 is 0 Å². The molecular formula is C10H13NO4. The van der Waals surface area contributed by atoms with Gasteiger partial charge in [0.15, 0.2) is 0 Å². The molecule has 0 heterocycles. The lowest BCUT2D eigenvalue weighted by Crippen LogP contribution is -2.33. The van der Waals surface area contributed by atoms with Crippen LogP contribution in [0.3, 0.4) is 0 Å². The number of amides is 1. The zero-order valence-corrected chi connectivity index (χ0v) is 8.05. The van der Waals surface area contributed by atoms with Gasteiger partial charge in [0.25, 0.3) is 5.91 Å². The fourth-order valence-electron chi connectivity index (χ4n) is 1.02. The van der Waals surface area contributed by atoms with Crippen molar-refractivity contribution < 1.29 is 20.1 Å². The van der Waals surface area contributed by atoms with E-state index in [9.17, 15) is 4.79 Å². The molecule has 1 unspecified atom stereocenters. The number of benzene rings is 1. The summed E-state index contributed by atoms with van der Waals surface area (Å²) >= 11 is 0. The van der Waals surface area contributed by atoms with Crippen LogP contribution >= 0.6 is 0 Å². The summed E-state index contributed by atoms with van der Waals surface area (Å²) in [5.74, 6) is -0.399. The Morgan fingerprint density at radius 3 is 2.80 bits per heavy atom. The highest BCUT2D eigenvalue weighted by Crippen LogP contribution is 2.10. The van der Waals surface area contributed by atoms with Crippen molar-refractivity contribution in [2.45, 2.75) is 6.10 Å². The molecule has 1 rings (SSSR count). The molecule has 0 bridgehead atoms. The van der Waals surface area contributed by atoms with Crippen molar-refractivity contribution in [3.63, 3.8) is 0 Å². The molecule has 0 saturated heterocycles. The molecule has 1 aromatic rings. The van der Waals surface area contributed by atoms with Crippen LogP contribution < -0.4 is 5.32 Å². The van der Waals surface area contributed by atoms with E-state index in [2.05, 4.69) is 5.32 Å². The molecule has 0 fully saturated rings. The maximum absolute atomic E-state index is 11.4. The summed E-state index contributed by atoms with van der Waals surface area (Å²) in [5, 5.41) is 29.0. The summed E-state index contributed by atoms with van der Waals surface area (Å²) in [6, 6.07) is 5.87. The molecule has 0 aromatic heterocycles. The molecule has 0 spiro atoms. The smallest absolute Gasteiger partial charge is 0.251 e. The Labute approximate surface area is 87.0 Å². The maximum Gasteiger partial charge on any atom is 0.251 e. The van der Waals surface area contributed by atoms with E-state index in [0.717, 1.165) is 0 Å². The van der Waals surface area contributed by atoms with Gasteiger partial charge in [-0.15, -0.1) is 0 Å². The van der Waals surface area contributed by atoms with Crippen molar-refractivity contribution in [2.24, 2.45) is 0 Å². The van der Waals surface area contributed by atoms with Gasteiger partial charge in [0, 0.05) is 12.1 Å². The molecule has 82 valence electrons. The fraction of sp³-hybridized carbons (Fsp3) is 0.300. The Balaban J connectivity index is 2.54. The van der Waals surface area contributed by atoms with E-state index in [-0.39, 0.29) is 12.3 Å². The molecule has 4 N–H and O–H groups in total. The maximum atomic E-state index is 11.4. The topological polar surface area (TPSA) is 89.8 Å². The largest absolute Gasteiger partial charge is 0.508 e. The highest BCUT2D eigenvalue weighted by molar-refractivity contribution is 5.94. The molecule has 1 atom stereocenters. The molecule has 0 radical (unpaired) electrons. The lowest BCUT2D eigenvalue weighted by molar-refractivity contribution is 0.0802. The zero-order valence-electron chi connectivity index (χ0n) is 8.05. The number of aromatic hydroxyl groups is 1. The van der Waals surface area contributed by atoms with Crippen LogP contribution in [0.25, 0.3) is 0 Å². The number of hydrogen-bond acceptors (Lipinski definition) is 4. The Morgan fingerprint density at radius 2 is 2.20 bits per heavy atom. The number of aliphatic hydroxyl groups excluding tert-OH is 2. The lowest BCUT2D eigenvalue weighted by Gasteiger charge is -2.08. The predicted octanol–water partition coefficient (Wildman–Crippen LogP) is -0.525. The van der Waals surface area contributed by atoms with Crippen molar-refractivity contribution in [1.29, 1.82) is 0 Å². The Morgan fingerprint density at radius 1 is 1.47 bits per heavy atom. The third-order valence-corrected chi connectivity index (χ3v) is 1.82. The van der Waals surface area contributed by atoms with Crippen molar-refractivity contribution >= 4 is 5.91 Å². The highest BCUT2D eigenvalue weighted by Gasteiger charge is 2.08. The summed E-state index contributed by atoms with van der Waals surface area (Å²) in [6.07, 6.45) is -0.966. The van der Waals surface area contributed by atoms with E-state index in [1.165, 1.54) is 12.1 Å². The Hall–Kier alpha value is -1.59. The number of rotatable bonds is 4. The molecule has 5 nitrogen and oxygen atoms in total. The second kappa shape index (κ2) is 5.33. The Kier molecular flexibility index (Phi) is 4.08. The summed E-state index contributed by atoms with van der Waals surface area (Å²) in [4.78, 5) is 11.4. The third-order valence-electron chi connectivity index (χ3n) is 1.82. The second-order valence-electron chi connectivity index (χ2n) is 3.10. The fourth-order valence-corrected chi connectivity index (χ4v) is 1.02. The van der Waals surface area contributed by atoms with Gasteiger partial charge in [-0.2, -0.15) is 0 Å². The number of phenolic OH excluding ortho intramolecular Hbond substituents is 1. The normalized spacial score (nSPS) is 12.1. The number of carbonyl (C=O) groups is 1. The van der Waals surface area contributed by atoms with E-state index < -0.39 is 18.6 Å². The first-order valence-electron chi connectivity index (χ1n) is 4.49.